The zero-order valence-corrected chi connectivity index (χ0v) is 14.4. The number of benzene rings is 1. The summed E-state index contributed by atoms with van der Waals surface area (Å²) in [6.45, 7) is 5.05. The third-order valence-electron chi connectivity index (χ3n) is 4.75. The summed E-state index contributed by atoms with van der Waals surface area (Å²) in [7, 11) is 0. The predicted molar refractivity (Wildman–Crippen MR) is 94.2 cm³/mol. The van der Waals surface area contributed by atoms with Crippen LogP contribution in [0.2, 0.25) is 0 Å². The van der Waals surface area contributed by atoms with Gasteiger partial charge in [-0.1, -0.05) is 50.6 Å². The minimum absolute atomic E-state index is 0. The molecule has 1 aliphatic rings. The maximum atomic E-state index is 12.4. The summed E-state index contributed by atoms with van der Waals surface area (Å²) < 4.78 is 0. The fraction of sp³-hybridized carbons (Fsp3) is 0.611. The lowest BCUT2D eigenvalue weighted by Gasteiger charge is -2.24. The number of hydrogen-bond acceptors (Lipinski definition) is 2. The Morgan fingerprint density at radius 3 is 2.55 bits per heavy atom. The number of nitrogens with two attached hydrogens (primary N) is 1. The fourth-order valence-corrected chi connectivity index (χ4v) is 3.41. The minimum atomic E-state index is 0. The highest BCUT2D eigenvalue weighted by Gasteiger charge is 2.28. The summed E-state index contributed by atoms with van der Waals surface area (Å²) in [5.74, 6) is 1.36. The summed E-state index contributed by atoms with van der Waals surface area (Å²) >= 11 is 0. The average molecular weight is 325 g/mol. The molecule has 1 aromatic rings. The molecule has 0 radical (unpaired) electrons. The van der Waals surface area contributed by atoms with Crippen LogP contribution in [0.1, 0.15) is 51.0 Å². The lowest BCUT2D eigenvalue weighted by molar-refractivity contribution is -0.122. The van der Waals surface area contributed by atoms with Crippen molar-refractivity contribution in [2.24, 2.45) is 17.6 Å². The van der Waals surface area contributed by atoms with E-state index in [4.69, 9.17) is 5.73 Å². The molecule has 3 atom stereocenters. The Hall–Kier alpha value is -1.06. The molecular formula is C18H29ClN2O. The molecule has 124 valence electrons. The number of amides is 1. The zero-order valence-electron chi connectivity index (χ0n) is 13.6. The van der Waals surface area contributed by atoms with Crippen molar-refractivity contribution in [3.05, 3.63) is 35.9 Å². The predicted octanol–water partition coefficient (Wildman–Crippen LogP) is 3.48. The van der Waals surface area contributed by atoms with E-state index >= 15 is 0 Å². The van der Waals surface area contributed by atoms with Gasteiger partial charge >= 0.3 is 0 Å². The highest BCUT2D eigenvalue weighted by molar-refractivity contribution is 5.85. The molecule has 0 heterocycles. The molecule has 0 bridgehead atoms. The van der Waals surface area contributed by atoms with Crippen LogP contribution in [-0.2, 0) is 4.79 Å². The smallest absolute Gasteiger partial charge is 0.220 e. The molecule has 0 saturated heterocycles. The summed E-state index contributed by atoms with van der Waals surface area (Å²) in [5, 5.41) is 3.22. The van der Waals surface area contributed by atoms with E-state index in [0.29, 0.717) is 24.8 Å². The molecule has 1 amide bonds. The van der Waals surface area contributed by atoms with Crippen molar-refractivity contribution in [1.29, 1.82) is 0 Å². The maximum absolute atomic E-state index is 12.4. The SMILES string of the molecule is CC(C)C(CC(=O)NC1CCCC1CN)c1ccccc1.Cl. The number of carbonyl (C=O) groups excluding carboxylic acids is 1. The number of carbonyl (C=O) groups is 1. The molecule has 0 spiro atoms. The molecule has 2 rings (SSSR count). The van der Waals surface area contributed by atoms with Crippen LogP contribution in [0.4, 0.5) is 0 Å². The second-order valence-electron chi connectivity index (χ2n) is 6.57. The van der Waals surface area contributed by atoms with Crippen LogP contribution >= 0.6 is 12.4 Å². The van der Waals surface area contributed by atoms with Crippen molar-refractivity contribution in [2.75, 3.05) is 6.54 Å². The van der Waals surface area contributed by atoms with Crippen LogP contribution < -0.4 is 11.1 Å². The first-order valence-electron chi connectivity index (χ1n) is 8.16. The number of nitrogens with one attached hydrogen (secondary N) is 1. The summed E-state index contributed by atoms with van der Waals surface area (Å²) in [5.41, 5.74) is 7.04. The summed E-state index contributed by atoms with van der Waals surface area (Å²) in [4.78, 5) is 12.4. The van der Waals surface area contributed by atoms with E-state index in [1.165, 1.54) is 12.0 Å². The average Bonchev–Trinajstić information content (AvgIpc) is 2.92. The van der Waals surface area contributed by atoms with Crippen LogP contribution in [0.15, 0.2) is 30.3 Å². The van der Waals surface area contributed by atoms with E-state index < -0.39 is 0 Å². The number of halogens is 1. The van der Waals surface area contributed by atoms with Gasteiger partial charge in [-0.3, -0.25) is 4.79 Å². The topological polar surface area (TPSA) is 55.1 Å². The van der Waals surface area contributed by atoms with Gasteiger partial charge in [0.05, 0.1) is 0 Å². The van der Waals surface area contributed by atoms with Crippen LogP contribution in [0, 0.1) is 11.8 Å². The van der Waals surface area contributed by atoms with Gasteiger partial charge in [-0.2, -0.15) is 0 Å². The molecule has 0 aliphatic heterocycles. The molecule has 1 fully saturated rings. The van der Waals surface area contributed by atoms with Crippen molar-refractivity contribution < 1.29 is 4.79 Å². The summed E-state index contributed by atoms with van der Waals surface area (Å²) in [6, 6.07) is 10.6. The Bertz CT molecular complexity index is 450. The fourth-order valence-electron chi connectivity index (χ4n) is 3.41. The van der Waals surface area contributed by atoms with Crippen LogP contribution in [0.5, 0.6) is 0 Å². The molecule has 22 heavy (non-hydrogen) atoms. The normalized spacial score (nSPS) is 22.2. The van der Waals surface area contributed by atoms with Gasteiger partial charge in [-0.05, 0) is 42.7 Å². The van der Waals surface area contributed by atoms with Crippen molar-refractivity contribution in [3.63, 3.8) is 0 Å². The Balaban J connectivity index is 0.00000242. The maximum Gasteiger partial charge on any atom is 0.220 e. The summed E-state index contributed by atoms with van der Waals surface area (Å²) in [6.07, 6.45) is 3.97. The first-order valence-corrected chi connectivity index (χ1v) is 8.16. The molecule has 3 nitrogen and oxygen atoms in total. The van der Waals surface area contributed by atoms with Crippen molar-refractivity contribution in [3.8, 4) is 0 Å². The van der Waals surface area contributed by atoms with Gasteiger partial charge in [0.15, 0.2) is 0 Å². The molecule has 1 aromatic carbocycles. The van der Waals surface area contributed by atoms with Gasteiger partial charge in [0.25, 0.3) is 0 Å². The van der Waals surface area contributed by atoms with E-state index in [2.05, 4.69) is 31.3 Å². The van der Waals surface area contributed by atoms with Gasteiger partial charge in [0, 0.05) is 12.5 Å². The molecule has 3 unspecified atom stereocenters. The van der Waals surface area contributed by atoms with Crippen molar-refractivity contribution in [2.45, 2.75) is 51.5 Å². The Morgan fingerprint density at radius 2 is 1.95 bits per heavy atom. The van der Waals surface area contributed by atoms with E-state index in [-0.39, 0.29) is 30.3 Å². The van der Waals surface area contributed by atoms with Gasteiger partial charge in [0.2, 0.25) is 5.91 Å². The van der Waals surface area contributed by atoms with Gasteiger partial charge in [-0.25, -0.2) is 0 Å². The van der Waals surface area contributed by atoms with E-state index in [1.54, 1.807) is 0 Å². The Morgan fingerprint density at radius 1 is 1.27 bits per heavy atom. The third kappa shape index (κ3) is 4.99. The largest absolute Gasteiger partial charge is 0.353 e. The number of rotatable bonds is 6. The van der Waals surface area contributed by atoms with Gasteiger partial charge < -0.3 is 11.1 Å². The third-order valence-corrected chi connectivity index (χ3v) is 4.75. The highest BCUT2D eigenvalue weighted by Crippen LogP contribution is 2.29. The lowest BCUT2D eigenvalue weighted by Crippen LogP contribution is -2.40. The second kappa shape index (κ2) is 9.16. The second-order valence-corrected chi connectivity index (χ2v) is 6.57. The number of hydrogen-bond donors (Lipinski definition) is 2. The van der Waals surface area contributed by atoms with E-state index in [9.17, 15) is 4.79 Å². The van der Waals surface area contributed by atoms with Crippen LogP contribution in [0.3, 0.4) is 0 Å². The molecule has 1 aliphatic carbocycles. The molecule has 3 N–H and O–H groups in total. The quantitative estimate of drug-likeness (QED) is 0.841. The first kappa shape index (κ1) is 19.0. The molecule has 0 aromatic heterocycles. The van der Waals surface area contributed by atoms with E-state index in [1.807, 2.05) is 18.2 Å². The van der Waals surface area contributed by atoms with Gasteiger partial charge in [-0.15, -0.1) is 12.4 Å². The van der Waals surface area contributed by atoms with Crippen molar-refractivity contribution >= 4 is 18.3 Å². The molecular weight excluding hydrogens is 296 g/mol. The Kier molecular flexibility index (Phi) is 7.91. The Labute approximate surface area is 140 Å². The van der Waals surface area contributed by atoms with Crippen LogP contribution in [-0.4, -0.2) is 18.5 Å². The highest BCUT2D eigenvalue weighted by atomic mass is 35.5. The van der Waals surface area contributed by atoms with Gasteiger partial charge in [0.1, 0.15) is 0 Å². The van der Waals surface area contributed by atoms with Crippen molar-refractivity contribution in [1.82, 2.24) is 5.32 Å². The lowest BCUT2D eigenvalue weighted by atomic mass is 9.85. The standard InChI is InChI=1S/C18H28N2O.ClH/c1-13(2)16(14-7-4-3-5-8-14)11-18(21)20-17-10-6-9-15(17)12-19;/h3-5,7-8,13,15-17H,6,9-12,19H2,1-2H3,(H,20,21);1H. The molecule has 4 heteroatoms. The van der Waals surface area contributed by atoms with E-state index in [0.717, 1.165) is 12.8 Å². The minimum Gasteiger partial charge on any atom is -0.353 e. The molecule has 1 saturated carbocycles. The first-order chi connectivity index (χ1) is 10.1. The zero-order chi connectivity index (χ0) is 15.2. The monoisotopic (exact) mass is 324 g/mol. The van der Waals surface area contributed by atoms with Crippen LogP contribution in [0.25, 0.3) is 0 Å².